The van der Waals surface area contributed by atoms with Crippen LogP contribution in [-0.2, 0) is 14.8 Å². The van der Waals surface area contributed by atoms with Crippen molar-refractivity contribution in [3.05, 3.63) is 18.3 Å². The Kier molecular flexibility index (Phi) is 7.58. The lowest BCUT2D eigenvalue weighted by atomic mass is 10.4. The van der Waals surface area contributed by atoms with Gasteiger partial charge in [0.1, 0.15) is 10.7 Å². The van der Waals surface area contributed by atoms with Crippen LogP contribution in [0.25, 0.3) is 0 Å². The highest BCUT2D eigenvalue weighted by Gasteiger charge is 2.27. The molecule has 8 heteroatoms. The molecule has 1 heterocycles. The lowest BCUT2D eigenvalue weighted by molar-refractivity contribution is 0.168. The lowest BCUT2D eigenvalue weighted by Gasteiger charge is -2.22. The Hall–Kier alpha value is -1.22. The van der Waals surface area contributed by atoms with Gasteiger partial charge in [0.15, 0.2) is 0 Å². The number of pyridine rings is 1. The molecule has 0 saturated carbocycles. The molecule has 0 fully saturated rings. The first-order valence-corrected chi connectivity index (χ1v) is 8.30. The molecule has 1 rings (SSSR count). The zero-order valence-corrected chi connectivity index (χ0v) is 13.3. The highest BCUT2D eigenvalue weighted by atomic mass is 32.2. The largest absolute Gasteiger partial charge is 0.395 e. The average Bonchev–Trinajstić information content (AvgIpc) is 2.49. The number of hydrogen-bond donors (Lipinski definition) is 2. The maximum Gasteiger partial charge on any atom is 0.246 e. The number of nitrogens with one attached hydrogen (secondary N) is 1. The molecule has 0 bridgehead atoms. The monoisotopic (exact) mass is 317 g/mol. The van der Waals surface area contributed by atoms with Crippen molar-refractivity contribution in [2.24, 2.45) is 0 Å². The number of nitrogens with zero attached hydrogens (tertiary/aromatic N) is 2. The van der Waals surface area contributed by atoms with E-state index >= 15 is 0 Å². The third-order valence-electron chi connectivity index (χ3n) is 2.83. The molecule has 120 valence electrons. The molecular weight excluding hydrogens is 294 g/mol. The molecule has 1 aromatic heterocycles. The van der Waals surface area contributed by atoms with Crippen molar-refractivity contribution >= 4 is 15.8 Å². The Labute approximate surface area is 126 Å². The molecule has 0 aromatic carbocycles. The van der Waals surface area contributed by atoms with E-state index in [4.69, 9.17) is 9.84 Å². The van der Waals surface area contributed by atoms with Gasteiger partial charge in [-0.25, -0.2) is 13.4 Å². The molecule has 1 aromatic rings. The van der Waals surface area contributed by atoms with Gasteiger partial charge in [-0.15, -0.1) is 0 Å². The van der Waals surface area contributed by atoms with Crippen LogP contribution in [-0.4, -0.2) is 62.8 Å². The Balaban J connectivity index is 3.08. The fourth-order valence-corrected chi connectivity index (χ4v) is 3.31. The van der Waals surface area contributed by atoms with Crippen LogP contribution < -0.4 is 5.32 Å². The minimum atomic E-state index is -3.73. The SMILES string of the molecule is CCCNc1ncccc1S(=O)(=O)N(CCO)CCOC. The first-order valence-electron chi connectivity index (χ1n) is 6.86. The normalized spacial score (nSPS) is 11.8. The minimum Gasteiger partial charge on any atom is -0.395 e. The van der Waals surface area contributed by atoms with E-state index in [1.165, 1.54) is 17.5 Å². The molecular formula is C13H23N3O4S. The van der Waals surface area contributed by atoms with Gasteiger partial charge in [-0.3, -0.25) is 0 Å². The minimum absolute atomic E-state index is 0.0216. The first-order chi connectivity index (χ1) is 10.1. The molecule has 0 saturated heterocycles. The fourth-order valence-electron chi connectivity index (χ4n) is 1.77. The van der Waals surface area contributed by atoms with E-state index in [0.717, 1.165) is 6.42 Å². The molecule has 0 spiro atoms. The molecule has 0 atom stereocenters. The lowest BCUT2D eigenvalue weighted by Crippen LogP contribution is -2.36. The third-order valence-corrected chi connectivity index (χ3v) is 4.76. The topological polar surface area (TPSA) is 91.8 Å². The van der Waals surface area contributed by atoms with Crippen molar-refractivity contribution in [3.8, 4) is 0 Å². The van der Waals surface area contributed by atoms with Crippen molar-refractivity contribution in [2.75, 3.05) is 45.3 Å². The summed E-state index contributed by atoms with van der Waals surface area (Å²) in [4.78, 5) is 4.21. The Morgan fingerprint density at radius 2 is 2.19 bits per heavy atom. The van der Waals surface area contributed by atoms with Crippen molar-refractivity contribution in [1.82, 2.24) is 9.29 Å². The summed E-state index contributed by atoms with van der Waals surface area (Å²) in [6.45, 7) is 2.84. The van der Waals surface area contributed by atoms with Gasteiger partial charge in [-0.1, -0.05) is 6.92 Å². The molecule has 7 nitrogen and oxygen atoms in total. The van der Waals surface area contributed by atoms with E-state index in [1.54, 1.807) is 12.3 Å². The first kappa shape index (κ1) is 17.8. The van der Waals surface area contributed by atoms with Crippen LogP contribution in [0.15, 0.2) is 23.2 Å². The van der Waals surface area contributed by atoms with E-state index in [-0.39, 0.29) is 31.2 Å². The molecule has 0 aliphatic carbocycles. The number of sulfonamides is 1. The van der Waals surface area contributed by atoms with E-state index < -0.39 is 10.0 Å². The number of aliphatic hydroxyl groups excluding tert-OH is 1. The summed E-state index contributed by atoms with van der Waals surface area (Å²) in [6, 6.07) is 3.09. The number of ether oxygens (including phenoxy) is 1. The van der Waals surface area contributed by atoms with Gasteiger partial charge < -0.3 is 15.2 Å². The van der Waals surface area contributed by atoms with Crippen LogP contribution >= 0.6 is 0 Å². The van der Waals surface area contributed by atoms with Crippen LogP contribution in [0.3, 0.4) is 0 Å². The summed E-state index contributed by atoms with van der Waals surface area (Å²) in [5.41, 5.74) is 0. The maximum atomic E-state index is 12.7. The summed E-state index contributed by atoms with van der Waals surface area (Å²) in [7, 11) is -2.23. The number of methoxy groups -OCH3 is 1. The summed E-state index contributed by atoms with van der Waals surface area (Å²) in [6.07, 6.45) is 2.41. The number of rotatable bonds is 10. The van der Waals surface area contributed by atoms with Crippen LogP contribution in [0.5, 0.6) is 0 Å². The van der Waals surface area contributed by atoms with Gasteiger partial charge in [0.2, 0.25) is 10.0 Å². The number of aliphatic hydroxyl groups is 1. The third kappa shape index (κ3) is 4.92. The number of anilines is 1. The van der Waals surface area contributed by atoms with Gasteiger partial charge in [0.05, 0.1) is 13.2 Å². The summed E-state index contributed by atoms with van der Waals surface area (Å²) < 4.78 is 31.5. The predicted octanol–water partition coefficient (Wildman–Crippen LogP) is 0.533. The molecule has 0 aliphatic rings. The maximum absolute atomic E-state index is 12.7. The van der Waals surface area contributed by atoms with Crippen molar-refractivity contribution in [3.63, 3.8) is 0 Å². The van der Waals surface area contributed by atoms with Crippen LogP contribution in [0, 0.1) is 0 Å². The summed E-state index contributed by atoms with van der Waals surface area (Å²) in [5.74, 6) is 0.333. The second-order valence-corrected chi connectivity index (χ2v) is 6.30. The highest BCUT2D eigenvalue weighted by molar-refractivity contribution is 7.89. The van der Waals surface area contributed by atoms with Crippen molar-refractivity contribution in [2.45, 2.75) is 18.2 Å². The summed E-state index contributed by atoms with van der Waals surface area (Å²) in [5, 5.41) is 12.1. The quantitative estimate of drug-likeness (QED) is 0.654. The molecule has 0 aliphatic heterocycles. The van der Waals surface area contributed by atoms with Gasteiger partial charge >= 0.3 is 0 Å². The second-order valence-electron chi connectivity index (χ2n) is 4.40. The van der Waals surface area contributed by atoms with Crippen LogP contribution in [0.1, 0.15) is 13.3 Å². The molecule has 0 unspecified atom stereocenters. The second kappa shape index (κ2) is 8.93. The number of aromatic nitrogens is 1. The van der Waals surface area contributed by atoms with Crippen molar-refractivity contribution in [1.29, 1.82) is 0 Å². The average molecular weight is 317 g/mol. The van der Waals surface area contributed by atoms with Gasteiger partial charge in [0.25, 0.3) is 0 Å². The Bertz CT molecular complexity index is 522. The molecule has 0 amide bonds. The fraction of sp³-hybridized carbons (Fsp3) is 0.615. The van der Waals surface area contributed by atoms with Gasteiger partial charge in [-0.2, -0.15) is 4.31 Å². The smallest absolute Gasteiger partial charge is 0.246 e. The van der Waals surface area contributed by atoms with Crippen LogP contribution in [0.4, 0.5) is 5.82 Å². The van der Waals surface area contributed by atoms with Gasteiger partial charge in [-0.05, 0) is 18.6 Å². The standard InChI is InChI=1S/C13H23N3O4S/c1-3-6-14-13-12(5-4-7-15-13)21(18,19)16(8-10-17)9-11-20-2/h4-5,7,17H,3,6,8-11H2,1-2H3,(H,14,15). The van der Waals surface area contributed by atoms with Crippen molar-refractivity contribution < 1.29 is 18.3 Å². The predicted molar refractivity (Wildman–Crippen MR) is 80.7 cm³/mol. The van der Waals surface area contributed by atoms with E-state index in [0.29, 0.717) is 12.4 Å². The van der Waals surface area contributed by atoms with E-state index in [1.807, 2.05) is 6.92 Å². The summed E-state index contributed by atoms with van der Waals surface area (Å²) >= 11 is 0. The zero-order valence-electron chi connectivity index (χ0n) is 12.4. The van der Waals surface area contributed by atoms with Gasteiger partial charge in [0, 0.05) is 32.9 Å². The van der Waals surface area contributed by atoms with Crippen LogP contribution in [0.2, 0.25) is 0 Å². The molecule has 2 N–H and O–H groups in total. The van der Waals surface area contributed by atoms with E-state index in [2.05, 4.69) is 10.3 Å². The number of hydrogen-bond acceptors (Lipinski definition) is 6. The van der Waals surface area contributed by atoms with E-state index in [9.17, 15) is 8.42 Å². The zero-order chi connectivity index (χ0) is 15.7. The molecule has 0 radical (unpaired) electrons. The Morgan fingerprint density at radius 3 is 2.81 bits per heavy atom. The molecule has 21 heavy (non-hydrogen) atoms. The highest BCUT2D eigenvalue weighted by Crippen LogP contribution is 2.22. The Morgan fingerprint density at radius 1 is 1.43 bits per heavy atom.